The van der Waals surface area contributed by atoms with Crippen molar-refractivity contribution < 1.29 is 4.39 Å². The molecule has 1 aromatic rings. The van der Waals surface area contributed by atoms with Gasteiger partial charge in [-0.25, -0.2) is 4.39 Å². The topological polar surface area (TPSA) is 0 Å². The Labute approximate surface area is 81.3 Å². The van der Waals surface area contributed by atoms with E-state index in [-0.39, 0.29) is 10.9 Å². The van der Waals surface area contributed by atoms with Gasteiger partial charge in [-0.1, -0.05) is 37.0 Å². The van der Waals surface area contributed by atoms with Gasteiger partial charge in [-0.3, -0.25) is 0 Å². The van der Waals surface area contributed by atoms with Crippen LogP contribution in [0.25, 0.3) is 0 Å². The van der Waals surface area contributed by atoms with E-state index in [4.69, 9.17) is 23.2 Å². The maximum Gasteiger partial charge on any atom is 0.146 e. The van der Waals surface area contributed by atoms with Gasteiger partial charge in [0.15, 0.2) is 0 Å². The highest BCUT2D eigenvalue weighted by molar-refractivity contribution is 6.33. The van der Waals surface area contributed by atoms with E-state index < -0.39 is 5.82 Å². The summed E-state index contributed by atoms with van der Waals surface area (Å²) in [4.78, 5) is 0. The number of rotatable bonds is 1. The van der Waals surface area contributed by atoms with Gasteiger partial charge in [-0.05, 0) is 18.1 Å². The third-order valence-electron chi connectivity index (χ3n) is 1.66. The Morgan fingerprint density at radius 2 is 1.67 bits per heavy atom. The van der Waals surface area contributed by atoms with Crippen LogP contribution in [0.2, 0.25) is 10.0 Å². The molecule has 0 heterocycles. The molecule has 0 nitrogen and oxygen atoms in total. The standard InChI is InChI=1S/C9H9Cl2F/c1-5(2)8-6(10)3-4-7(11)9(8)12/h3-5H,1-2H3. The van der Waals surface area contributed by atoms with Crippen molar-refractivity contribution in [1.82, 2.24) is 0 Å². The van der Waals surface area contributed by atoms with E-state index in [9.17, 15) is 4.39 Å². The first-order chi connectivity index (χ1) is 5.54. The minimum absolute atomic E-state index is 0.0520. The Morgan fingerprint density at radius 1 is 1.17 bits per heavy atom. The Balaban J connectivity index is 3.33. The van der Waals surface area contributed by atoms with E-state index in [2.05, 4.69) is 0 Å². The summed E-state index contributed by atoms with van der Waals surface area (Å²) in [6.07, 6.45) is 0. The predicted octanol–water partition coefficient (Wildman–Crippen LogP) is 4.26. The summed E-state index contributed by atoms with van der Waals surface area (Å²) in [5.74, 6) is -0.352. The minimum atomic E-state index is -0.404. The van der Waals surface area contributed by atoms with Gasteiger partial charge in [0.05, 0.1) is 5.02 Å². The van der Waals surface area contributed by atoms with Gasteiger partial charge in [0.25, 0.3) is 0 Å². The largest absolute Gasteiger partial charge is 0.205 e. The number of hydrogen-bond donors (Lipinski definition) is 0. The van der Waals surface area contributed by atoms with Crippen LogP contribution in [0.3, 0.4) is 0 Å². The molecule has 0 radical (unpaired) electrons. The first kappa shape index (κ1) is 9.82. The number of hydrogen-bond acceptors (Lipinski definition) is 0. The van der Waals surface area contributed by atoms with Crippen molar-refractivity contribution in [1.29, 1.82) is 0 Å². The molecule has 0 bridgehead atoms. The molecule has 0 saturated carbocycles. The molecular formula is C9H9Cl2F. The van der Waals surface area contributed by atoms with E-state index in [1.165, 1.54) is 6.07 Å². The highest BCUT2D eigenvalue weighted by Crippen LogP contribution is 2.30. The molecule has 0 N–H and O–H groups in total. The van der Waals surface area contributed by atoms with Crippen LogP contribution >= 0.6 is 23.2 Å². The summed E-state index contributed by atoms with van der Waals surface area (Å²) in [6.45, 7) is 3.75. The lowest BCUT2D eigenvalue weighted by Gasteiger charge is -2.09. The molecule has 0 aliphatic heterocycles. The van der Waals surface area contributed by atoms with Gasteiger partial charge in [0.2, 0.25) is 0 Å². The second-order valence-corrected chi connectivity index (χ2v) is 3.73. The Morgan fingerprint density at radius 3 is 2.08 bits per heavy atom. The van der Waals surface area contributed by atoms with Crippen LogP contribution < -0.4 is 0 Å². The minimum Gasteiger partial charge on any atom is -0.205 e. The monoisotopic (exact) mass is 206 g/mol. The molecule has 3 heteroatoms. The Bertz CT molecular complexity index is 295. The van der Waals surface area contributed by atoms with Crippen LogP contribution in [-0.2, 0) is 0 Å². The average Bonchev–Trinajstić information content (AvgIpc) is 1.97. The van der Waals surface area contributed by atoms with Crippen molar-refractivity contribution in [3.8, 4) is 0 Å². The van der Waals surface area contributed by atoms with Crippen LogP contribution in [0.5, 0.6) is 0 Å². The van der Waals surface area contributed by atoms with Crippen LogP contribution in [0, 0.1) is 5.82 Å². The van der Waals surface area contributed by atoms with Gasteiger partial charge < -0.3 is 0 Å². The van der Waals surface area contributed by atoms with E-state index in [1.807, 2.05) is 13.8 Å². The smallest absolute Gasteiger partial charge is 0.146 e. The number of halogens is 3. The van der Waals surface area contributed by atoms with Crippen LogP contribution in [-0.4, -0.2) is 0 Å². The molecule has 0 unspecified atom stereocenters. The normalized spacial score (nSPS) is 10.8. The lowest BCUT2D eigenvalue weighted by atomic mass is 10.0. The fourth-order valence-corrected chi connectivity index (χ4v) is 1.60. The van der Waals surface area contributed by atoms with Crippen LogP contribution in [0.15, 0.2) is 12.1 Å². The van der Waals surface area contributed by atoms with Crippen LogP contribution in [0.1, 0.15) is 25.3 Å². The highest BCUT2D eigenvalue weighted by atomic mass is 35.5. The molecule has 0 fully saturated rings. The van der Waals surface area contributed by atoms with Crippen molar-refractivity contribution >= 4 is 23.2 Å². The third kappa shape index (κ3) is 1.73. The summed E-state index contributed by atoms with van der Waals surface area (Å²) in [5, 5.41) is 0.565. The van der Waals surface area contributed by atoms with Crippen molar-refractivity contribution in [2.45, 2.75) is 19.8 Å². The first-order valence-corrected chi connectivity index (χ1v) is 4.43. The Hall–Kier alpha value is -0.270. The van der Waals surface area contributed by atoms with E-state index in [1.54, 1.807) is 6.07 Å². The molecule has 0 atom stereocenters. The molecule has 12 heavy (non-hydrogen) atoms. The zero-order valence-electron chi connectivity index (χ0n) is 6.87. The van der Waals surface area contributed by atoms with Crippen molar-refractivity contribution in [3.63, 3.8) is 0 Å². The lowest BCUT2D eigenvalue weighted by Crippen LogP contribution is -1.94. The maximum atomic E-state index is 13.3. The molecule has 0 spiro atoms. The predicted molar refractivity (Wildman–Crippen MR) is 50.5 cm³/mol. The van der Waals surface area contributed by atoms with Gasteiger partial charge in [-0.2, -0.15) is 0 Å². The molecule has 1 rings (SSSR count). The quantitative estimate of drug-likeness (QED) is 0.603. The summed E-state index contributed by atoms with van der Waals surface area (Å²) in [7, 11) is 0. The fraction of sp³-hybridized carbons (Fsp3) is 0.333. The molecule has 0 amide bonds. The summed E-state index contributed by atoms with van der Waals surface area (Å²) in [6, 6.07) is 3.08. The van der Waals surface area contributed by atoms with E-state index in [0.29, 0.717) is 10.6 Å². The lowest BCUT2D eigenvalue weighted by molar-refractivity contribution is 0.599. The zero-order valence-corrected chi connectivity index (χ0v) is 8.38. The molecule has 1 aromatic carbocycles. The maximum absolute atomic E-state index is 13.3. The van der Waals surface area contributed by atoms with Crippen molar-refractivity contribution in [3.05, 3.63) is 33.6 Å². The van der Waals surface area contributed by atoms with Gasteiger partial charge in [0, 0.05) is 10.6 Å². The van der Waals surface area contributed by atoms with E-state index >= 15 is 0 Å². The fourth-order valence-electron chi connectivity index (χ4n) is 1.07. The number of benzene rings is 1. The summed E-state index contributed by atoms with van der Waals surface area (Å²) in [5.41, 5.74) is 0.490. The second-order valence-electron chi connectivity index (χ2n) is 2.91. The second kappa shape index (κ2) is 3.63. The zero-order chi connectivity index (χ0) is 9.30. The van der Waals surface area contributed by atoms with Crippen molar-refractivity contribution in [2.24, 2.45) is 0 Å². The van der Waals surface area contributed by atoms with Crippen molar-refractivity contribution in [2.75, 3.05) is 0 Å². The van der Waals surface area contributed by atoms with Gasteiger partial charge in [0.1, 0.15) is 5.82 Å². The average molecular weight is 207 g/mol. The highest BCUT2D eigenvalue weighted by Gasteiger charge is 2.13. The van der Waals surface area contributed by atoms with Gasteiger partial charge in [-0.15, -0.1) is 0 Å². The molecule has 0 saturated heterocycles. The summed E-state index contributed by atoms with van der Waals surface area (Å²) >= 11 is 11.4. The van der Waals surface area contributed by atoms with Crippen LogP contribution in [0.4, 0.5) is 4.39 Å². The first-order valence-electron chi connectivity index (χ1n) is 3.67. The molecule has 66 valence electrons. The van der Waals surface area contributed by atoms with Gasteiger partial charge >= 0.3 is 0 Å². The SMILES string of the molecule is CC(C)c1c(Cl)ccc(Cl)c1F. The van der Waals surface area contributed by atoms with E-state index in [0.717, 1.165) is 0 Å². The molecular weight excluding hydrogens is 198 g/mol. The third-order valence-corrected chi connectivity index (χ3v) is 2.28. The molecule has 0 aliphatic rings. The molecule has 0 aliphatic carbocycles. The Kier molecular flexibility index (Phi) is 2.97. The summed E-state index contributed by atoms with van der Waals surface area (Å²) < 4.78 is 13.3. The molecule has 0 aromatic heterocycles.